The Morgan fingerprint density at radius 2 is 1.82 bits per heavy atom. The van der Waals surface area contributed by atoms with E-state index < -0.39 is 6.10 Å². The van der Waals surface area contributed by atoms with Crippen molar-refractivity contribution in [2.75, 3.05) is 25.2 Å². The van der Waals surface area contributed by atoms with Crippen molar-refractivity contribution in [1.82, 2.24) is 0 Å². The van der Waals surface area contributed by atoms with Gasteiger partial charge in [-0.3, -0.25) is 14.4 Å². The summed E-state index contributed by atoms with van der Waals surface area (Å²) in [6.45, 7) is 0.792. The van der Waals surface area contributed by atoms with E-state index in [2.05, 4.69) is 0 Å². The predicted molar refractivity (Wildman–Crippen MR) is 123 cm³/mol. The highest BCUT2D eigenvalue weighted by atomic mass is 16.5. The summed E-state index contributed by atoms with van der Waals surface area (Å²) in [4.78, 5) is 37.5. The van der Waals surface area contributed by atoms with Gasteiger partial charge in [0.25, 0.3) is 5.91 Å². The number of carbonyl (C=O) groups is 3. The van der Waals surface area contributed by atoms with E-state index in [-0.39, 0.29) is 30.8 Å². The summed E-state index contributed by atoms with van der Waals surface area (Å²) >= 11 is 0. The van der Waals surface area contributed by atoms with Crippen molar-refractivity contribution < 1.29 is 28.6 Å². The molecule has 0 saturated carbocycles. The highest BCUT2D eigenvalue weighted by Gasteiger charge is 2.33. The number of methoxy groups -OCH3 is 1. The monoisotopic (exact) mass is 454 g/mol. The Balaban J connectivity index is 1.60. The van der Waals surface area contributed by atoms with Gasteiger partial charge in [-0.15, -0.1) is 0 Å². The Morgan fingerprint density at radius 1 is 1.06 bits per heavy atom. The van der Waals surface area contributed by atoms with Gasteiger partial charge in [-0.2, -0.15) is 0 Å². The molecule has 0 radical (unpaired) electrons. The largest absolute Gasteiger partial charge is 0.493 e. The maximum Gasteiger partial charge on any atom is 0.310 e. The van der Waals surface area contributed by atoms with Gasteiger partial charge >= 0.3 is 5.97 Å². The van der Waals surface area contributed by atoms with Crippen LogP contribution in [0.2, 0.25) is 0 Å². The van der Waals surface area contributed by atoms with Gasteiger partial charge in [0.05, 0.1) is 25.8 Å². The van der Waals surface area contributed by atoms with Crippen LogP contribution in [0.15, 0.2) is 48.5 Å². The molecule has 2 aromatic carbocycles. The minimum absolute atomic E-state index is 0.114. The molecular weight excluding hydrogens is 424 g/mol. The van der Waals surface area contributed by atoms with E-state index >= 15 is 0 Å². The predicted octanol–water partition coefficient (Wildman–Crippen LogP) is 3.01. The lowest BCUT2D eigenvalue weighted by molar-refractivity contribution is -0.139. The van der Waals surface area contributed by atoms with Gasteiger partial charge in [-0.05, 0) is 31.0 Å². The average Bonchev–Trinajstić information content (AvgIpc) is 2.81. The number of primary amides is 1. The zero-order valence-corrected chi connectivity index (χ0v) is 18.8. The Bertz CT molecular complexity index is 977. The fourth-order valence-electron chi connectivity index (χ4n) is 3.73. The lowest BCUT2D eigenvalue weighted by atomic mass is 10.1. The van der Waals surface area contributed by atoms with E-state index in [0.717, 1.165) is 24.1 Å². The van der Waals surface area contributed by atoms with Gasteiger partial charge in [-0.1, -0.05) is 36.8 Å². The molecule has 1 atom stereocenters. The van der Waals surface area contributed by atoms with Crippen molar-refractivity contribution in [2.45, 2.75) is 44.6 Å². The number of ether oxygens (including phenoxy) is 3. The second-order valence-corrected chi connectivity index (χ2v) is 7.84. The van der Waals surface area contributed by atoms with Crippen LogP contribution in [0, 0.1) is 0 Å². The number of benzene rings is 2. The van der Waals surface area contributed by atoms with Crippen molar-refractivity contribution in [3.8, 4) is 11.5 Å². The van der Waals surface area contributed by atoms with Gasteiger partial charge < -0.3 is 24.8 Å². The molecule has 1 heterocycles. The van der Waals surface area contributed by atoms with Crippen molar-refractivity contribution in [3.63, 3.8) is 0 Å². The number of hydrogen-bond donors (Lipinski definition) is 1. The van der Waals surface area contributed by atoms with E-state index in [1.54, 1.807) is 11.0 Å². The first kappa shape index (κ1) is 24.1. The molecular formula is C25H30N2O6. The number of amides is 2. The highest BCUT2D eigenvalue weighted by molar-refractivity contribution is 6.00. The van der Waals surface area contributed by atoms with Crippen molar-refractivity contribution in [2.24, 2.45) is 5.73 Å². The molecule has 0 aromatic heterocycles. The number of fused-ring (bicyclic) bond motifs is 1. The normalized spacial score (nSPS) is 14.9. The summed E-state index contributed by atoms with van der Waals surface area (Å²) in [7, 11) is 1.35. The Labute approximate surface area is 193 Å². The minimum atomic E-state index is -0.668. The first-order valence-corrected chi connectivity index (χ1v) is 11.1. The third-order valence-electron chi connectivity index (χ3n) is 5.44. The number of unbranched alkanes of at least 4 members (excludes halogenated alkanes) is 2. The first-order chi connectivity index (χ1) is 16.0. The van der Waals surface area contributed by atoms with E-state index in [1.807, 2.05) is 42.5 Å². The SMILES string of the molecule is COC(=O)Cc1ccccc1OCCC1Oc2ccccc2N(CCCCCC(N)=O)C1=O. The molecule has 0 saturated heterocycles. The van der Waals surface area contributed by atoms with Crippen LogP contribution in [0.4, 0.5) is 5.69 Å². The second kappa shape index (κ2) is 11.9. The lowest BCUT2D eigenvalue weighted by Crippen LogP contribution is -2.47. The van der Waals surface area contributed by atoms with Crippen LogP contribution >= 0.6 is 0 Å². The number of anilines is 1. The van der Waals surface area contributed by atoms with Gasteiger partial charge in [0.15, 0.2) is 6.10 Å². The molecule has 2 amide bonds. The molecule has 3 rings (SSSR count). The summed E-state index contributed by atoms with van der Waals surface area (Å²) in [5, 5.41) is 0. The van der Waals surface area contributed by atoms with Crippen LogP contribution in [-0.4, -0.2) is 44.1 Å². The summed E-state index contributed by atoms with van der Waals surface area (Å²) in [6, 6.07) is 14.7. The van der Waals surface area contributed by atoms with Crippen LogP contribution in [0.3, 0.4) is 0 Å². The molecule has 0 aliphatic carbocycles. The zero-order valence-electron chi connectivity index (χ0n) is 18.8. The van der Waals surface area contributed by atoms with Gasteiger partial charge in [0.2, 0.25) is 5.91 Å². The maximum atomic E-state index is 13.2. The van der Waals surface area contributed by atoms with E-state index in [4.69, 9.17) is 19.9 Å². The maximum absolute atomic E-state index is 13.2. The molecule has 1 aliphatic heterocycles. The minimum Gasteiger partial charge on any atom is -0.493 e. The molecule has 2 N–H and O–H groups in total. The highest BCUT2D eigenvalue weighted by Crippen LogP contribution is 2.34. The van der Waals surface area contributed by atoms with Gasteiger partial charge in [0, 0.05) is 24.9 Å². The van der Waals surface area contributed by atoms with Crippen LogP contribution in [0.5, 0.6) is 11.5 Å². The second-order valence-electron chi connectivity index (χ2n) is 7.84. The fraction of sp³-hybridized carbons (Fsp3) is 0.400. The molecule has 8 heteroatoms. The fourth-order valence-corrected chi connectivity index (χ4v) is 3.73. The van der Waals surface area contributed by atoms with Crippen LogP contribution in [-0.2, 0) is 25.5 Å². The zero-order chi connectivity index (χ0) is 23.6. The number of para-hydroxylation sites is 3. The number of nitrogens with zero attached hydrogens (tertiary/aromatic N) is 1. The first-order valence-electron chi connectivity index (χ1n) is 11.1. The number of rotatable bonds is 12. The van der Waals surface area contributed by atoms with Crippen LogP contribution in [0.1, 0.15) is 37.7 Å². The van der Waals surface area contributed by atoms with Gasteiger partial charge in [-0.25, -0.2) is 0 Å². The Morgan fingerprint density at radius 3 is 2.61 bits per heavy atom. The summed E-state index contributed by atoms with van der Waals surface area (Å²) < 4.78 is 16.6. The number of hydrogen-bond acceptors (Lipinski definition) is 6. The molecule has 2 aromatic rings. The van der Waals surface area contributed by atoms with Crippen molar-refractivity contribution >= 4 is 23.5 Å². The van der Waals surface area contributed by atoms with E-state index in [1.165, 1.54) is 7.11 Å². The smallest absolute Gasteiger partial charge is 0.310 e. The third kappa shape index (κ3) is 6.71. The number of esters is 1. The molecule has 1 unspecified atom stereocenters. The molecule has 0 spiro atoms. The molecule has 33 heavy (non-hydrogen) atoms. The quantitative estimate of drug-likeness (QED) is 0.390. The van der Waals surface area contributed by atoms with Crippen LogP contribution < -0.4 is 20.1 Å². The van der Waals surface area contributed by atoms with Gasteiger partial charge in [0.1, 0.15) is 11.5 Å². The Kier molecular flexibility index (Phi) is 8.69. The van der Waals surface area contributed by atoms with Crippen molar-refractivity contribution in [3.05, 3.63) is 54.1 Å². The number of nitrogens with two attached hydrogens (primary N) is 1. The topological polar surface area (TPSA) is 108 Å². The van der Waals surface area contributed by atoms with Crippen molar-refractivity contribution in [1.29, 1.82) is 0 Å². The summed E-state index contributed by atoms with van der Waals surface area (Å²) in [6.07, 6.45) is 2.43. The Hall–Kier alpha value is -3.55. The van der Waals surface area contributed by atoms with Crippen LogP contribution in [0.25, 0.3) is 0 Å². The van der Waals surface area contributed by atoms with E-state index in [9.17, 15) is 14.4 Å². The third-order valence-corrected chi connectivity index (χ3v) is 5.44. The number of carbonyl (C=O) groups excluding carboxylic acids is 3. The standard InChI is InChI=1S/C25H30N2O6/c1-31-24(29)17-18-9-4-6-11-20(18)32-16-14-22-25(30)27(15-8-2-3-13-23(26)28)19-10-5-7-12-21(19)33-22/h4-7,9-12,22H,2-3,8,13-17H2,1H3,(H2,26,28). The summed E-state index contributed by atoms with van der Waals surface area (Å²) in [5.74, 6) is 0.467. The lowest BCUT2D eigenvalue weighted by Gasteiger charge is -2.34. The molecule has 0 bridgehead atoms. The molecule has 0 fully saturated rings. The average molecular weight is 455 g/mol. The molecule has 1 aliphatic rings. The molecule has 176 valence electrons. The van der Waals surface area contributed by atoms with E-state index in [0.29, 0.717) is 37.3 Å². The molecule has 8 nitrogen and oxygen atoms in total. The summed E-state index contributed by atoms with van der Waals surface area (Å²) in [5.41, 5.74) is 6.67.